The highest BCUT2D eigenvalue weighted by atomic mass is 32.2. The molecule has 1 aliphatic rings. The Morgan fingerprint density at radius 1 is 1.03 bits per heavy atom. The van der Waals surface area contributed by atoms with Gasteiger partial charge in [0.25, 0.3) is 5.91 Å². The van der Waals surface area contributed by atoms with E-state index < -0.39 is 10.0 Å². The molecule has 7 heteroatoms. The van der Waals surface area contributed by atoms with Crippen molar-refractivity contribution < 1.29 is 17.9 Å². The van der Waals surface area contributed by atoms with Gasteiger partial charge >= 0.3 is 0 Å². The maximum atomic E-state index is 13.0. The summed E-state index contributed by atoms with van der Waals surface area (Å²) in [6.45, 7) is 5.95. The van der Waals surface area contributed by atoms with Crippen LogP contribution >= 0.6 is 0 Å². The van der Waals surface area contributed by atoms with Crippen LogP contribution in [0.3, 0.4) is 0 Å². The van der Waals surface area contributed by atoms with Crippen LogP contribution in [-0.4, -0.2) is 44.9 Å². The number of para-hydroxylation sites is 1. The maximum absolute atomic E-state index is 13.0. The summed E-state index contributed by atoms with van der Waals surface area (Å²) in [4.78, 5) is 12.7. The van der Waals surface area contributed by atoms with Crippen molar-refractivity contribution in [3.05, 3.63) is 59.7 Å². The van der Waals surface area contributed by atoms with E-state index in [9.17, 15) is 13.2 Å². The monoisotopic (exact) mass is 444 g/mol. The number of hydrogen-bond donors (Lipinski definition) is 1. The fourth-order valence-electron chi connectivity index (χ4n) is 3.75. The SMILES string of the molecule is CC(C)c1ccccc1OCCNC(=O)c1cccc(S(=O)(=O)N2CCCCCC2)c1. The Hall–Kier alpha value is -2.38. The molecule has 2 aromatic carbocycles. The minimum atomic E-state index is -3.59. The van der Waals surface area contributed by atoms with Gasteiger partial charge in [0.1, 0.15) is 12.4 Å². The first-order valence-electron chi connectivity index (χ1n) is 11.0. The molecular formula is C24H32N2O4S. The van der Waals surface area contributed by atoms with Crippen LogP contribution in [0.4, 0.5) is 0 Å². The molecule has 3 rings (SSSR count). The van der Waals surface area contributed by atoms with E-state index in [4.69, 9.17) is 4.74 Å². The van der Waals surface area contributed by atoms with E-state index in [1.54, 1.807) is 18.2 Å². The van der Waals surface area contributed by atoms with Crippen LogP contribution in [0.25, 0.3) is 0 Å². The van der Waals surface area contributed by atoms with E-state index >= 15 is 0 Å². The lowest BCUT2D eigenvalue weighted by atomic mass is 10.0. The van der Waals surface area contributed by atoms with Crippen LogP contribution < -0.4 is 10.1 Å². The third-order valence-electron chi connectivity index (χ3n) is 5.49. The second kappa shape index (κ2) is 10.8. The van der Waals surface area contributed by atoms with Crippen molar-refractivity contribution in [3.63, 3.8) is 0 Å². The number of ether oxygens (including phenoxy) is 1. The Bertz CT molecular complexity index is 981. The molecule has 0 aromatic heterocycles. The molecule has 0 bridgehead atoms. The lowest BCUT2D eigenvalue weighted by Crippen LogP contribution is -2.32. The minimum Gasteiger partial charge on any atom is -0.491 e. The number of nitrogens with one attached hydrogen (secondary N) is 1. The molecule has 1 amide bonds. The zero-order chi connectivity index (χ0) is 22.3. The van der Waals surface area contributed by atoms with Gasteiger partial charge in [0.2, 0.25) is 10.0 Å². The highest BCUT2D eigenvalue weighted by molar-refractivity contribution is 7.89. The molecule has 1 heterocycles. The molecule has 0 saturated carbocycles. The molecule has 1 N–H and O–H groups in total. The van der Waals surface area contributed by atoms with Gasteiger partial charge in [-0.3, -0.25) is 4.79 Å². The van der Waals surface area contributed by atoms with Crippen molar-refractivity contribution in [2.45, 2.75) is 50.3 Å². The van der Waals surface area contributed by atoms with E-state index in [2.05, 4.69) is 19.2 Å². The van der Waals surface area contributed by atoms with Gasteiger partial charge in [0, 0.05) is 18.7 Å². The molecule has 1 aliphatic heterocycles. The van der Waals surface area contributed by atoms with Gasteiger partial charge in [-0.25, -0.2) is 8.42 Å². The summed E-state index contributed by atoms with van der Waals surface area (Å²) in [7, 11) is -3.59. The summed E-state index contributed by atoms with van der Waals surface area (Å²) < 4.78 is 33.4. The van der Waals surface area contributed by atoms with E-state index in [0.717, 1.165) is 37.0 Å². The second-order valence-electron chi connectivity index (χ2n) is 8.14. The van der Waals surface area contributed by atoms with Crippen molar-refractivity contribution in [1.82, 2.24) is 9.62 Å². The Balaban J connectivity index is 1.59. The van der Waals surface area contributed by atoms with Crippen LogP contribution in [0.2, 0.25) is 0 Å². The molecule has 168 valence electrons. The fourth-order valence-corrected chi connectivity index (χ4v) is 5.31. The quantitative estimate of drug-likeness (QED) is 0.620. The second-order valence-corrected chi connectivity index (χ2v) is 10.1. The number of sulfonamides is 1. The summed E-state index contributed by atoms with van der Waals surface area (Å²) in [5, 5.41) is 2.81. The third-order valence-corrected chi connectivity index (χ3v) is 7.38. The van der Waals surface area contributed by atoms with Gasteiger partial charge in [-0.05, 0) is 48.6 Å². The van der Waals surface area contributed by atoms with Gasteiger partial charge in [-0.2, -0.15) is 4.31 Å². The fraction of sp³-hybridized carbons (Fsp3) is 0.458. The predicted octanol–water partition coefficient (Wildman–Crippen LogP) is 4.18. The number of carbonyl (C=O) groups excluding carboxylic acids is 1. The molecular weight excluding hydrogens is 412 g/mol. The Labute approximate surface area is 185 Å². The van der Waals surface area contributed by atoms with Crippen LogP contribution in [-0.2, 0) is 10.0 Å². The number of rotatable bonds is 8. The van der Waals surface area contributed by atoms with Gasteiger partial charge < -0.3 is 10.1 Å². The molecule has 0 aliphatic carbocycles. The van der Waals surface area contributed by atoms with Gasteiger partial charge in [0.15, 0.2) is 0 Å². The lowest BCUT2D eigenvalue weighted by molar-refractivity contribution is 0.0946. The smallest absolute Gasteiger partial charge is 0.251 e. The maximum Gasteiger partial charge on any atom is 0.251 e. The average molecular weight is 445 g/mol. The zero-order valence-corrected chi connectivity index (χ0v) is 19.2. The molecule has 0 unspecified atom stereocenters. The summed E-state index contributed by atoms with van der Waals surface area (Å²) in [5.74, 6) is 0.852. The van der Waals surface area contributed by atoms with Gasteiger partial charge in [-0.15, -0.1) is 0 Å². The lowest BCUT2D eigenvalue weighted by Gasteiger charge is -2.20. The van der Waals surface area contributed by atoms with Crippen molar-refractivity contribution in [1.29, 1.82) is 0 Å². The Morgan fingerprint density at radius 2 is 1.74 bits per heavy atom. The van der Waals surface area contributed by atoms with Crippen molar-refractivity contribution in [2.75, 3.05) is 26.2 Å². The topological polar surface area (TPSA) is 75.7 Å². The molecule has 0 spiro atoms. The van der Waals surface area contributed by atoms with Gasteiger partial charge in [-0.1, -0.05) is 51.0 Å². The summed E-state index contributed by atoms with van der Waals surface area (Å²) in [6.07, 6.45) is 3.86. The number of nitrogens with zero attached hydrogens (tertiary/aromatic N) is 1. The highest BCUT2D eigenvalue weighted by Crippen LogP contribution is 2.25. The minimum absolute atomic E-state index is 0.171. The molecule has 31 heavy (non-hydrogen) atoms. The van der Waals surface area contributed by atoms with Crippen LogP contribution in [0.1, 0.15) is 61.4 Å². The number of benzene rings is 2. The Morgan fingerprint density at radius 3 is 2.45 bits per heavy atom. The molecule has 6 nitrogen and oxygen atoms in total. The molecule has 2 aromatic rings. The first-order chi connectivity index (χ1) is 14.9. The van der Waals surface area contributed by atoms with Gasteiger partial charge in [0.05, 0.1) is 11.4 Å². The molecule has 1 fully saturated rings. The Kier molecular flexibility index (Phi) is 8.09. The summed E-state index contributed by atoms with van der Waals surface area (Å²) in [5.41, 5.74) is 1.46. The summed E-state index contributed by atoms with van der Waals surface area (Å²) in [6, 6.07) is 14.1. The average Bonchev–Trinajstić information content (AvgIpc) is 3.07. The zero-order valence-electron chi connectivity index (χ0n) is 18.3. The van der Waals surface area contributed by atoms with E-state index in [0.29, 0.717) is 37.7 Å². The molecule has 1 saturated heterocycles. The first kappa shape index (κ1) is 23.3. The number of hydrogen-bond acceptors (Lipinski definition) is 4. The van der Waals surface area contributed by atoms with Crippen LogP contribution in [0.5, 0.6) is 5.75 Å². The molecule has 0 atom stereocenters. The highest BCUT2D eigenvalue weighted by Gasteiger charge is 2.25. The van der Waals surface area contributed by atoms with Crippen molar-refractivity contribution in [2.24, 2.45) is 0 Å². The predicted molar refractivity (Wildman–Crippen MR) is 122 cm³/mol. The van der Waals surface area contributed by atoms with E-state index in [1.807, 2.05) is 24.3 Å². The van der Waals surface area contributed by atoms with Crippen LogP contribution in [0.15, 0.2) is 53.4 Å². The number of amides is 1. The number of carbonyl (C=O) groups is 1. The van der Waals surface area contributed by atoms with Crippen LogP contribution in [0, 0.1) is 0 Å². The largest absolute Gasteiger partial charge is 0.491 e. The van der Waals surface area contributed by atoms with Crippen molar-refractivity contribution >= 4 is 15.9 Å². The molecule has 0 radical (unpaired) electrons. The van der Waals surface area contributed by atoms with E-state index in [1.165, 1.54) is 10.4 Å². The summed E-state index contributed by atoms with van der Waals surface area (Å²) >= 11 is 0. The standard InChI is InChI=1S/C24H32N2O4S/c1-19(2)22-12-5-6-13-23(22)30-17-14-25-24(27)20-10-9-11-21(18-20)31(28,29)26-15-7-3-4-8-16-26/h5-6,9-13,18-19H,3-4,7-8,14-17H2,1-2H3,(H,25,27). The first-order valence-corrected chi connectivity index (χ1v) is 12.4. The van der Waals surface area contributed by atoms with E-state index in [-0.39, 0.29) is 10.8 Å². The normalized spacial score (nSPS) is 15.5. The third kappa shape index (κ3) is 6.08. The van der Waals surface area contributed by atoms with Crippen molar-refractivity contribution in [3.8, 4) is 5.75 Å².